The molecule has 2 aromatic rings. The van der Waals surface area contributed by atoms with Gasteiger partial charge in [0.25, 0.3) is 0 Å². The maximum Gasteiger partial charge on any atom is 0.387 e. The minimum absolute atomic E-state index is 0.278. The van der Waals surface area contributed by atoms with Gasteiger partial charge in [0.1, 0.15) is 5.75 Å². The van der Waals surface area contributed by atoms with Crippen LogP contribution < -0.4 is 10.1 Å². The van der Waals surface area contributed by atoms with Gasteiger partial charge >= 0.3 is 6.61 Å². The van der Waals surface area contributed by atoms with Gasteiger partial charge in [0.15, 0.2) is 0 Å². The molecule has 0 spiro atoms. The fraction of sp³-hybridized carbons (Fsp3) is 0.412. The molecule has 1 N–H and O–H groups in total. The van der Waals surface area contributed by atoms with Gasteiger partial charge in [0.05, 0.1) is 0 Å². The zero-order valence-corrected chi connectivity index (χ0v) is 12.6. The van der Waals surface area contributed by atoms with Crippen molar-refractivity contribution in [3.8, 4) is 5.75 Å². The summed E-state index contributed by atoms with van der Waals surface area (Å²) in [6.45, 7) is 2.67. The molecule has 0 unspecified atom stereocenters. The van der Waals surface area contributed by atoms with Gasteiger partial charge in [0.2, 0.25) is 0 Å². The number of fused-ring (bicyclic) bond motifs is 1. The molecule has 0 aromatic heterocycles. The summed E-state index contributed by atoms with van der Waals surface area (Å²) < 4.78 is 30.1. The summed E-state index contributed by atoms with van der Waals surface area (Å²) in [6, 6.07) is 11.7. The lowest BCUT2D eigenvalue weighted by molar-refractivity contribution is -0.0507. The smallest absolute Gasteiger partial charge is 0.387 e. The first-order valence-electron chi connectivity index (χ1n) is 7.54. The summed E-state index contributed by atoms with van der Waals surface area (Å²) >= 11 is 0. The SMILES string of the molecule is C[C@@H]1CN(Cc2c(OC(F)F)ccc3ccccc23)CCN1. The number of alkyl halides is 2. The summed E-state index contributed by atoms with van der Waals surface area (Å²) in [7, 11) is 0. The second kappa shape index (κ2) is 6.58. The van der Waals surface area contributed by atoms with Crippen LogP contribution in [0, 0.1) is 0 Å². The molecule has 1 atom stereocenters. The molecule has 1 aliphatic rings. The lowest BCUT2D eigenvalue weighted by Gasteiger charge is -2.32. The van der Waals surface area contributed by atoms with Crippen LogP contribution in [0.15, 0.2) is 36.4 Å². The van der Waals surface area contributed by atoms with E-state index in [1.807, 2.05) is 30.3 Å². The highest BCUT2D eigenvalue weighted by molar-refractivity contribution is 5.87. The van der Waals surface area contributed by atoms with Crippen LogP contribution in [-0.4, -0.2) is 37.2 Å². The van der Waals surface area contributed by atoms with Gasteiger partial charge in [-0.2, -0.15) is 8.78 Å². The van der Waals surface area contributed by atoms with Crippen molar-refractivity contribution >= 4 is 10.8 Å². The molecule has 0 amide bonds. The fourth-order valence-corrected chi connectivity index (χ4v) is 3.06. The van der Waals surface area contributed by atoms with Crippen LogP contribution in [0.25, 0.3) is 10.8 Å². The molecule has 0 saturated carbocycles. The molecule has 1 aliphatic heterocycles. The summed E-state index contributed by atoms with van der Waals surface area (Å²) in [6.07, 6.45) is 0. The van der Waals surface area contributed by atoms with Crippen molar-refractivity contribution in [1.29, 1.82) is 0 Å². The molecular formula is C17H20F2N2O. The molecule has 0 aliphatic carbocycles. The van der Waals surface area contributed by atoms with E-state index in [-0.39, 0.29) is 5.75 Å². The van der Waals surface area contributed by atoms with Gasteiger partial charge in [-0.15, -0.1) is 0 Å². The third-order valence-electron chi connectivity index (χ3n) is 4.05. The van der Waals surface area contributed by atoms with Crippen LogP contribution in [0.4, 0.5) is 8.78 Å². The number of nitrogens with one attached hydrogen (secondary N) is 1. The third kappa shape index (κ3) is 3.36. The Hall–Kier alpha value is -1.72. The first-order valence-corrected chi connectivity index (χ1v) is 7.54. The summed E-state index contributed by atoms with van der Waals surface area (Å²) in [5, 5.41) is 5.41. The van der Waals surface area contributed by atoms with E-state index in [1.54, 1.807) is 6.07 Å². The van der Waals surface area contributed by atoms with Crippen LogP contribution in [-0.2, 0) is 6.54 Å². The number of nitrogens with zero attached hydrogens (tertiary/aromatic N) is 1. The van der Waals surface area contributed by atoms with E-state index in [0.717, 1.165) is 36.0 Å². The topological polar surface area (TPSA) is 24.5 Å². The number of hydrogen-bond donors (Lipinski definition) is 1. The Balaban J connectivity index is 1.96. The van der Waals surface area contributed by atoms with E-state index in [1.165, 1.54) is 0 Å². The predicted octanol–water partition coefficient (Wildman–Crippen LogP) is 3.23. The predicted molar refractivity (Wildman–Crippen MR) is 83.3 cm³/mol. The van der Waals surface area contributed by atoms with Crippen LogP contribution in [0.3, 0.4) is 0 Å². The molecule has 1 saturated heterocycles. The lowest BCUT2D eigenvalue weighted by atomic mass is 10.0. The van der Waals surface area contributed by atoms with Gasteiger partial charge < -0.3 is 10.1 Å². The zero-order chi connectivity index (χ0) is 15.5. The monoisotopic (exact) mass is 306 g/mol. The second-order valence-corrected chi connectivity index (χ2v) is 5.73. The van der Waals surface area contributed by atoms with E-state index in [9.17, 15) is 8.78 Å². The van der Waals surface area contributed by atoms with E-state index in [2.05, 4.69) is 17.1 Å². The van der Waals surface area contributed by atoms with Gasteiger partial charge in [0, 0.05) is 37.8 Å². The van der Waals surface area contributed by atoms with Gasteiger partial charge in [-0.1, -0.05) is 30.3 Å². The largest absolute Gasteiger partial charge is 0.434 e. The van der Waals surface area contributed by atoms with E-state index >= 15 is 0 Å². The number of halogens is 2. The molecule has 22 heavy (non-hydrogen) atoms. The Morgan fingerprint density at radius 3 is 2.86 bits per heavy atom. The van der Waals surface area contributed by atoms with E-state index in [4.69, 9.17) is 4.74 Å². The van der Waals surface area contributed by atoms with Crippen molar-refractivity contribution in [1.82, 2.24) is 10.2 Å². The normalized spacial score (nSPS) is 19.7. The molecule has 3 nitrogen and oxygen atoms in total. The molecule has 0 bridgehead atoms. The number of piperazine rings is 1. The lowest BCUT2D eigenvalue weighted by Crippen LogP contribution is -2.48. The number of rotatable bonds is 4. The molecule has 2 aromatic carbocycles. The fourth-order valence-electron chi connectivity index (χ4n) is 3.06. The number of hydrogen-bond acceptors (Lipinski definition) is 3. The summed E-state index contributed by atoms with van der Waals surface area (Å²) in [4.78, 5) is 2.28. The maximum atomic E-state index is 12.7. The van der Waals surface area contributed by atoms with E-state index in [0.29, 0.717) is 12.6 Å². The molecule has 118 valence electrons. The van der Waals surface area contributed by atoms with Crippen molar-refractivity contribution in [3.05, 3.63) is 42.0 Å². The van der Waals surface area contributed by atoms with Crippen LogP contribution in [0.1, 0.15) is 12.5 Å². The highest BCUT2D eigenvalue weighted by atomic mass is 19.3. The Bertz CT molecular complexity index is 648. The van der Waals surface area contributed by atoms with Gasteiger partial charge in [-0.25, -0.2) is 0 Å². The molecule has 5 heteroatoms. The quantitative estimate of drug-likeness (QED) is 0.938. The van der Waals surface area contributed by atoms with Gasteiger partial charge in [-0.05, 0) is 23.8 Å². The molecule has 0 radical (unpaired) electrons. The second-order valence-electron chi connectivity index (χ2n) is 5.73. The number of benzene rings is 2. The Kier molecular flexibility index (Phi) is 4.55. The first-order chi connectivity index (χ1) is 10.6. The summed E-state index contributed by atoms with van der Waals surface area (Å²) in [5.74, 6) is 0.278. The highest BCUT2D eigenvalue weighted by Gasteiger charge is 2.19. The summed E-state index contributed by atoms with van der Waals surface area (Å²) in [5.41, 5.74) is 0.840. The first kappa shape index (κ1) is 15.2. The number of ether oxygens (including phenoxy) is 1. The average molecular weight is 306 g/mol. The van der Waals surface area contributed by atoms with Crippen molar-refractivity contribution in [2.75, 3.05) is 19.6 Å². The third-order valence-corrected chi connectivity index (χ3v) is 4.05. The Morgan fingerprint density at radius 1 is 1.27 bits per heavy atom. The standard InChI is InChI=1S/C17H20F2N2O/c1-12-10-21(9-8-20-12)11-15-14-5-3-2-4-13(14)6-7-16(15)22-17(18)19/h2-7,12,17,20H,8-11H2,1H3/t12-/m1/s1. The molecular weight excluding hydrogens is 286 g/mol. The van der Waals surface area contributed by atoms with Crippen LogP contribution in [0.5, 0.6) is 5.75 Å². The van der Waals surface area contributed by atoms with E-state index < -0.39 is 6.61 Å². The zero-order valence-electron chi connectivity index (χ0n) is 12.6. The van der Waals surface area contributed by atoms with Crippen LogP contribution >= 0.6 is 0 Å². The van der Waals surface area contributed by atoms with Crippen molar-refractivity contribution in [2.24, 2.45) is 0 Å². The Labute approximate surface area is 128 Å². The van der Waals surface area contributed by atoms with Crippen LogP contribution in [0.2, 0.25) is 0 Å². The average Bonchev–Trinajstić information content (AvgIpc) is 2.49. The maximum absolute atomic E-state index is 12.7. The van der Waals surface area contributed by atoms with Crippen molar-refractivity contribution in [3.63, 3.8) is 0 Å². The highest BCUT2D eigenvalue weighted by Crippen LogP contribution is 2.30. The molecule has 1 fully saturated rings. The minimum Gasteiger partial charge on any atom is -0.434 e. The minimum atomic E-state index is -2.80. The Morgan fingerprint density at radius 2 is 2.09 bits per heavy atom. The van der Waals surface area contributed by atoms with Crippen molar-refractivity contribution in [2.45, 2.75) is 26.1 Å². The van der Waals surface area contributed by atoms with Gasteiger partial charge in [-0.3, -0.25) is 4.90 Å². The molecule has 1 heterocycles. The molecule has 3 rings (SSSR count). The van der Waals surface area contributed by atoms with Crippen molar-refractivity contribution < 1.29 is 13.5 Å².